The summed E-state index contributed by atoms with van der Waals surface area (Å²) in [6.45, 7) is 1.13. The number of piperidine rings is 1. The van der Waals surface area contributed by atoms with Crippen molar-refractivity contribution in [3.8, 4) is 0 Å². The number of likely N-dealkylation sites (tertiary alicyclic amines) is 1. The minimum atomic E-state index is -0.480. The first-order chi connectivity index (χ1) is 11.7. The van der Waals surface area contributed by atoms with E-state index >= 15 is 0 Å². The molecular weight excluding hydrogens is 307 g/mol. The molecule has 1 amide bonds. The van der Waals surface area contributed by atoms with E-state index in [9.17, 15) is 9.18 Å². The second-order valence-electron chi connectivity index (χ2n) is 6.09. The van der Waals surface area contributed by atoms with Crippen molar-refractivity contribution in [2.45, 2.75) is 18.8 Å². The maximum atomic E-state index is 13.9. The minimum absolute atomic E-state index is 0.0434. The van der Waals surface area contributed by atoms with Gasteiger partial charge in [0.2, 0.25) is 0 Å². The van der Waals surface area contributed by atoms with Crippen LogP contribution in [0.2, 0.25) is 0 Å². The zero-order valence-electron chi connectivity index (χ0n) is 13.1. The summed E-state index contributed by atoms with van der Waals surface area (Å²) >= 11 is 0. The van der Waals surface area contributed by atoms with Crippen LogP contribution in [0.3, 0.4) is 0 Å². The van der Waals surface area contributed by atoms with Gasteiger partial charge in [0.05, 0.1) is 11.5 Å². The lowest BCUT2D eigenvalue weighted by atomic mass is 9.97. The Bertz CT molecular complexity index is 857. The number of oxazole rings is 1. The van der Waals surface area contributed by atoms with Gasteiger partial charge in [0.25, 0.3) is 5.91 Å². The Kier molecular flexibility index (Phi) is 3.76. The predicted molar refractivity (Wildman–Crippen MR) is 88.3 cm³/mol. The van der Waals surface area contributed by atoms with Crippen molar-refractivity contribution >= 4 is 17.0 Å². The van der Waals surface area contributed by atoms with Crippen LogP contribution in [0.4, 0.5) is 4.39 Å². The maximum absolute atomic E-state index is 13.9. The van der Waals surface area contributed by atoms with Gasteiger partial charge in [-0.1, -0.05) is 24.3 Å². The first-order valence-corrected chi connectivity index (χ1v) is 8.11. The molecule has 1 saturated heterocycles. The molecule has 0 spiro atoms. The van der Waals surface area contributed by atoms with Crippen molar-refractivity contribution in [2.24, 2.45) is 0 Å². The number of aromatic nitrogens is 1. The summed E-state index contributed by atoms with van der Waals surface area (Å²) in [6.07, 6.45) is 1.76. The number of hydrogen-bond donors (Lipinski definition) is 0. The first kappa shape index (κ1) is 14.9. The van der Waals surface area contributed by atoms with Crippen molar-refractivity contribution in [2.75, 3.05) is 13.1 Å². The van der Waals surface area contributed by atoms with Crippen molar-refractivity contribution < 1.29 is 13.6 Å². The van der Waals surface area contributed by atoms with Gasteiger partial charge in [0, 0.05) is 13.1 Å². The Morgan fingerprint density at radius 3 is 2.79 bits per heavy atom. The molecule has 0 N–H and O–H groups in total. The minimum Gasteiger partial charge on any atom is -0.440 e. The lowest BCUT2D eigenvalue weighted by Crippen LogP contribution is -2.39. The van der Waals surface area contributed by atoms with E-state index in [4.69, 9.17) is 4.42 Å². The zero-order chi connectivity index (χ0) is 16.5. The smallest absolute Gasteiger partial charge is 0.256 e. The Hall–Kier alpha value is -2.69. The molecular formula is C19H17FN2O2. The number of fused-ring (bicyclic) bond motifs is 1. The molecule has 4 nitrogen and oxygen atoms in total. The number of amides is 1. The lowest BCUT2D eigenvalue weighted by molar-refractivity contribution is 0.0694. The van der Waals surface area contributed by atoms with Crippen LogP contribution in [0.5, 0.6) is 0 Å². The highest BCUT2D eigenvalue weighted by atomic mass is 19.1. The summed E-state index contributed by atoms with van der Waals surface area (Å²) in [5.74, 6) is -0.0514. The molecule has 24 heavy (non-hydrogen) atoms. The van der Waals surface area contributed by atoms with Crippen LogP contribution in [-0.4, -0.2) is 28.9 Å². The lowest BCUT2D eigenvalue weighted by Gasteiger charge is -2.31. The molecule has 4 rings (SSSR count). The zero-order valence-corrected chi connectivity index (χ0v) is 13.1. The fourth-order valence-corrected chi connectivity index (χ4v) is 3.23. The SMILES string of the molecule is O=C(c1ccccc1F)N1CCCC(c2nc3ccccc3o2)C1. The number of benzene rings is 2. The van der Waals surface area contributed by atoms with Crippen molar-refractivity contribution in [3.05, 3.63) is 65.8 Å². The molecule has 1 aliphatic rings. The van der Waals surface area contributed by atoms with E-state index < -0.39 is 5.82 Å². The van der Waals surface area contributed by atoms with Gasteiger partial charge >= 0.3 is 0 Å². The number of rotatable bonds is 2. The number of hydrogen-bond acceptors (Lipinski definition) is 3. The molecule has 0 saturated carbocycles. The average Bonchev–Trinajstić information content (AvgIpc) is 3.06. The number of para-hydroxylation sites is 2. The van der Waals surface area contributed by atoms with Gasteiger partial charge in [0.15, 0.2) is 11.5 Å². The predicted octanol–water partition coefficient (Wildman–Crippen LogP) is 3.99. The highest BCUT2D eigenvalue weighted by Crippen LogP contribution is 2.29. The van der Waals surface area contributed by atoms with E-state index in [0.717, 1.165) is 23.9 Å². The van der Waals surface area contributed by atoms with Crippen molar-refractivity contribution in [1.29, 1.82) is 0 Å². The van der Waals surface area contributed by atoms with Gasteiger partial charge in [-0.25, -0.2) is 9.37 Å². The molecule has 1 unspecified atom stereocenters. The van der Waals surface area contributed by atoms with E-state index in [0.29, 0.717) is 19.0 Å². The van der Waals surface area contributed by atoms with Crippen LogP contribution in [0.1, 0.15) is 35.0 Å². The summed E-state index contributed by atoms with van der Waals surface area (Å²) in [7, 11) is 0. The summed E-state index contributed by atoms with van der Waals surface area (Å²) in [6, 6.07) is 13.7. The fraction of sp³-hybridized carbons (Fsp3) is 0.263. The number of nitrogens with zero attached hydrogens (tertiary/aromatic N) is 2. The highest BCUT2D eigenvalue weighted by Gasteiger charge is 2.29. The largest absolute Gasteiger partial charge is 0.440 e. The topological polar surface area (TPSA) is 46.3 Å². The molecule has 5 heteroatoms. The Morgan fingerprint density at radius 1 is 1.17 bits per heavy atom. The quantitative estimate of drug-likeness (QED) is 0.716. The van der Waals surface area contributed by atoms with Crippen molar-refractivity contribution in [3.63, 3.8) is 0 Å². The molecule has 0 radical (unpaired) electrons. The Balaban J connectivity index is 1.57. The third-order valence-corrected chi connectivity index (χ3v) is 4.47. The van der Waals surface area contributed by atoms with E-state index in [1.807, 2.05) is 24.3 Å². The standard InChI is InChI=1S/C19H17FN2O2/c20-15-8-2-1-7-14(15)19(23)22-11-5-6-13(12-22)18-21-16-9-3-4-10-17(16)24-18/h1-4,7-10,13H,5-6,11-12H2. The van der Waals surface area contributed by atoms with Gasteiger partial charge in [-0.2, -0.15) is 0 Å². The summed E-state index contributed by atoms with van der Waals surface area (Å²) in [5, 5.41) is 0. The van der Waals surface area contributed by atoms with Gasteiger partial charge in [-0.05, 0) is 37.1 Å². The van der Waals surface area contributed by atoms with Crippen LogP contribution in [0, 0.1) is 5.82 Å². The normalized spacial score (nSPS) is 18.0. The summed E-state index contributed by atoms with van der Waals surface area (Å²) < 4.78 is 19.7. The third-order valence-electron chi connectivity index (χ3n) is 4.47. The maximum Gasteiger partial charge on any atom is 0.256 e. The molecule has 0 bridgehead atoms. The molecule has 1 atom stereocenters. The molecule has 122 valence electrons. The molecule has 3 aromatic rings. The third kappa shape index (κ3) is 2.66. The van der Waals surface area contributed by atoms with Crippen LogP contribution in [0.15, 0.2) is 52.9 Å². The fourth-order valence-electron chi connectivity index (χ4n) is 3.23. The molecule has 2 aromatic carbocycles. The van der Waals surface area contributed by atoms with Crippen LogP contribution in [0.25, 0.3) is 11.1 Å². The molecule has 1 fully saturated rings. The molecule has 1 aromatic heterocycles. The van der Waals surface area contributed by atoms with Crippen LogP contribution in [-0.2, 0) is 0 Å². The number of carbonyl (C=O) groups excluding carboxylic acids is 1. The second kappa shape index (κ2) is 6.07. The average molecular weight is 324 g/mol. The Labute approximate surface area is 138 Å². The van der Waals surface area contributed by atoms with E-state index in [1.165, 1.54) is 12.1 Å². The van der Waals surface area contributed by atoms with Gasteiger partial charge < -0.3 is 9.32 Å². The number of carbonyl (C=O) groups is 1. The first-order valence-electron chi connectivity index (χ1n) is 8.11. The van der Waals surface area contributed by atoms with Crippen molar-refractivity contribution in [1.82, 2.24) is 9.88 Å². The molecule has 2 heterocycles. The highest BCUT2D eigenvalue weighted by molar-refractivity contribution is 5.94. The van der Waals surface area contributed by atoms with E-state index in [1.54, 1.807) is 17.0 Å². The number of halogens is 1. The van der Waals surface area contributed by atoms with Crippen LogP contribution >= 0.6 is 0 Å². The summed E-state index contributed by atoms with van der Waals surface area (Å²) in [4.78, 5) is 18.8. The van der Waals surface area contributed by atoms with Gasteiger partial charge in [-0.15, -0.1) is 0 Å². The van der Waals surface area contributed by atoms with Crippen LogP contribution < -0.4 is 0 Å². The Morgan fingerprint density at radius 2 is 1.96 bits per heavy atom. The second-order valence-corrected chi connectivity index (χ2v) is 6.09. The molecule has 0 aliphatic carbocycles. The van der Waals surface area contributed by atoms with E-state index in [2.05, 4.69) is 4.98 Å². The van der Waals surface area contributed by atoms with E-state index in [-0.39, 0.29) is 17.4 Å². The van der Waals surface area contributed by atoms with Gasteiger partial charge in [-0.3, -0.25) is 4.79 Å². The summed E-state index contributed by atoms with van der Waals surface area (Å²) in [5.41, 5.74) is 1.70. The monoisotopic (exact) mass is 324 g/mol. The van der Waals surface area contributed by atoms with Gasteiger partial charge in [0.1, 0.15) is 11.3 Å². The molecule has 1 aliphatic heterocycles.